The van der Waals surface area contributed by atoms with Crippen LogP contribution in [0.15, 0.2) is 24.3 Å². The quantitative estimate of drug-likeness (QED) is 0.716. The Hall–Kier alpha value is -0.900. The molecule has 0 saturated carbocycles. The van der Waals surface area contributed by atoms with E-state index in [9.17, 15) is 0 Å². The van der Waals surface area contributed by atoms with Crippen LogP contribution in [0.4, 0.5) is 0 Å². The first kappa shape index (κ1) is 18.1. The third-order valence-electron chi connectivity index (χ3n) is 4.11. The smallest absolute Gasteiger partial charge is 0.0618 e. The number of hydrogen-bond donors (Lipinski definition) is 1. The molecule has 0 aliphatic heterocycles. The summed E-state index contributed by atoms with van der Waals surface area (Å²) in [6.07, 6.45) is 0. The normalized spacial score (nSPS) is 13.1. The van der Waals surface area contributed by atoms with Crippen LogP contribution in [0.5, 0.6) is 0 Å². The maximum absolute atomic E-state index is 5.31. The fraction of sp³-hybridized carbons (Fsp3) is 0.667. The van der Waals surface area contributed by atoms with E-state index < -0.39 is 0 Å². The van der Waals surface area contributed by atoms with Crippen LogP contribution in [0.25, 0.3) is 0 Å². The minimum atomic E-state index is 0.400. The van der Waals surface area contributed by atoms with Crippen LogP contribution >= 0.6 is 0 Å². The van der Waals surface area contributed by atoms with E-state index in [1.807, 2.05) is 0 Å². The monoisotopic (exact) mass is 292 g/mol. The highest BCUT2D eigenvalue weighted by molar-refractivity contribution is 5.27. The van der Waals surface area contributed by atoms with Gasteiger partial charge in [0.15, 0.2) is 0 Å². The van der Waals surface area contributed by atoms with Gasteiger partial charge in [-0.05, 0) is 30.1 Å². The zero-order chi connectivity index (χ0) is 15.7. The molecule has 0 bridgehead atoms. The molecular weight excluding hydrogens is 260 g/mol. The first-order valence-corrected chi connectivity index (χ1v) is 8.13. The van der Waals surface area contributed by atoms with Crippen molar-refractivity contribution in [3.05, 3.63) is 35.4 Å². The molecule has 0 radical (unpaired) electrons. The van der Waals surface area contributed by atoms with Crippen molar-refractivity contribution in [2.45, 2.75) is 46.8 Å². The molecule has 1 atom stereocenters. The van der Waals surface area contributed by atoms with E-state index in [1.54, 1.807) is 7.11 Å². The van der Waals surface area contributed by atoms with Crippen molar-refractivity contribution in [3.63, 3.8) is 0 Å². The second kappa shape index (κ2) is 9.93. The molecule has 0 saturated heterocycles. The van der Waals surface area contributed by atoms with E-state index in [1.165, 1.54) is 11.1 Å². The molecule has 0 heterocycles. The molecule has 120 valence electrons. The maximum atomic E-state index is 5.31. The Balaban J connectivity index is 2.69. The molecule has 21 heavy (non-hydrogen) atoms. The molecule has 1 N–H and O–H groups in total. The average Bonchev–Trinajstić information content (AvgIpc) is 2.49. The summed E-state index contributed by atoms with van der Waals surface area (Å²) in [6.45, 7) is 13.8. The zero-order valence-electron chi connectivity index (χ0n) is 14.4. The van der Waals surface area contributed by atoms with Gasteiger partial charge in [0, 0.05) is 26.2 Å². The fourth-order valence-corrected chi connectivity index (χ4v) is 2.48. The summed E-state index contributed by atoms with van der Waals surface area (Å²) in [5.41, 5.74) is 2.82. The van der Waals surface area contributed by atoms with Gasteiger partial charge in [0.1, 0.15) is 0 Å². The summed E-state index contributed by atoms with van der Waals surface area (Å²) in [5, 5.41) is 3.64. The van der Waals surface area contributed by atoms with Crippen molar-refractivity contribution < 1.29 is 4.74 Å². The number of methoxy groups -OCH3 is 1. The molecule has 3 nitrogen and oxygen atoms in total. The minimum Gasteiger partial charge on any atom is -0.383 e. The molecule has 0 fully saturated rings. The van der Waals surface area contributed by atoms with Gasteiger partial charge >= 0.3 is 0 Å². The summed E-state index contributed by atoms with van der Waals surface area (Å²) in [5.74, 6) is 0.569. The number of nitrogens with one attached hydrogen (secondary N) is 1. The van der Waals surface area contributed by atoms with Crippen molar-refractivity contribution in [1.29, 1.82) is 0 Å². The predicted molar refractivity (Wildman–Crippen MR) is 90.4 cm³/mol. The van der Waals surface area contributed by atoms with Crippen molar-refractivity contribution in [2.75, 3.05) is 26.8 Å². The lowest BCUT2D eigenvalue weighted by Gasteiger charge is -2.24. The average molecular weight is 292 g/mol. The first-order valence-electron chi connectivity index (χ1n) is 8.13. The molecular formula is C18H32N2O. The molecule has 1 unspecified atom stereocenters. The van der Waals surface area contributed by atoms with Crippen LogP contribution in [-0.2, 0) is 17.8 Å². The van der Waals surface area contributed by atoms with Gasteiger partial charge in [0.05, 0.1) is 6.61 Å². The summed E-state index contributed by atoms with van der Waals surface area (Å²) >= 11 is 0. The minimum absolute atomic E-state index is 0.400. The lowest BCUT2D eigenvalue weighted by atomic mass is 10.0. The predicted octanol–water partition coefficient (Wildman–Crippen LogP) is 3.29. The summed E-state index contributed by atoms with van der Waals surface area (Å²) < 4.78 is 5.31. The summed E-state index contributed by atoms with van der Waals surface area (Å²) in [7, 11) is 1.77. The molecule has 0 spiro atoms. The van der Waals surface area contributed by atoms with Gasteiger partial charge in [-0.15, -0.1) is 0 Å². The summed E-state index contributed by atoms with van der Waals surface area (Å²) in [4.78, 5) is 2.45. The van der Waals surface area contributed by atoms with Crippen LogP contribution < -0.4 is 5.32 Å². The van der Waals surface area contributed by atoms with Gasteiger partial charge in [-0.1, -0.05) is 52.0 Å². The zero-order valence-corrected chi connectivity index (χ0v) is 14.4. The number of nitrogens with zero attached hydrogens (tertiary/aromatic N) is 1. The van der Waals surface area contributed by atoms with Crippen LogP contribution in [0.2, 0.25) is 0 Å². The Labute approximate surface area is 130 Å². The molecule has 1 rings (SSSR count). The third-order valence-corrected chi connectivity index (χ3v) is 4.11. The van der Waals surface area contributed by atoms with Crippen LogP contribution in [0.3, 0.4) is 0 Å². The van der Waals surface area contributed by atoms with Gasteiger partial charge in [-0.2, -0.15) is 0 Å². The lowest BCUT2D eigenvalue weighted by molar-refractivity contribution is 0.146. The van der Waals surface area contributed by atoms with Crippen molar-refractivity contribution in [1.82, 2.24) is 10.2 Å². The van der Waals surface area contributed by atoms with E-state index in [2.05, 4.69) is 62.2 Å². The molecule has 0 amide bonds. The second-order valence-electron chi connectivity index (χ2n) is 5.92. The lowest BCUT2D eigenvalue weighted by Crippen LogP contribution is -2.37. The van der Waals surface area contributed by atoms with E-state index in [4.69, 9.17) is 4.74 Å². The van der Waals surface area contributed by atoms with E-state index >= 15 is 0 Å². The Kier molecular flexibility index (Phi) is 8.58. The number of ether oxygens (including phenoxy) is 1. The standard InChI is InChI=1S/C18H32N2O/c1-6-20(7-2)13-17-11-9-8-10-16(17)12-19-18(14-21-5)15(3)4/h8-11,15,18-19H,6-7,12-14H2,1-5H3. The maximum Gasteiger partial charge on any atom is 0.0618 e. The molecule has 0 aliphatic carbocycles. The van der Waals surface area contributed by atoms with E-state index in [0.717, 1.165) is 32.8 Å². The van der Waals surface area contributed by atoms with Gasteiger partial charge in [-0.3, -0.25) is 4.90 Å². The van der Waals surface area contributed by atoms with Crippen molar-refractivity contribution in [3.8, 4) is 0 Å². The highest BCUT2D eigenvalue weighted by atomic mass is 16.5. The number of hydrogen-bond acceptors (Lipinski definition) is 3. The van der Waals surface area contributed by atoms with Crippen LogP contribution in [0.1, 0.15) is 38.8 Å². The van der Waals surface area contributed by atoms with Crippen molar-refractivity contribution in [2.24, 2.45) is 5.92 Å². The van der Waals surface area contributed by atoms with E-state index in [0.29, 0.717) is 12.0 Å². The molecule has 0 aromatic heterocycles. The molecule has 0 aliphatic rings. The van der Waals surface area contributed by atoms with Crippen molar-refractivity contribution >= 4 is 0 Å². The Morgan fingerprint density at radius 3 is 2.24 bits per heavy atom. The second-order valence-corrected chi connectivity index (χ2v) is 5.92. The van der Waals surface area contributed by atoms with Gasteiger partial charge in [0.25, 0.3) is 0 Å². The SMILES string of the molecule is CCN(CC)Cc1ccccc1CNC(COC)C(C)C. The Morgan fingerprint density at radius 1 is 1.10 bits per heavy atom. The summed E-state index contributed by atoms with van der Waals surface area (Å²) in [6, 6.07) is 9.14. The van der Waals surface area contributed by atoms with Crippen LogP contribution in [0, 0.1) is 5.92 Å². The molecule has 3 heteroatoms. The highest BCUT2D eigenvalue weighted by Gasteiger charge is 2.13. The topological polar surface area (TPSA) is 24.5 Å². The van der Waals surface area contributed by atoms with Gasteiger partial charge < -0.3 is 10.1 Å². The molecule has 1 aromatic carbocycles. The fourth-order valence-electron chi connectivity index (χ4n) is 2.48. The highest BCUT2D eigenvalue weighted by Crippen LogP contribution is 2.13. The van der Waals surface area contributed by atoms with Crippen LogP contribution in [-0.4, -0.2) is 37.7 Å². The number of rotatable bonds is 10. The third kappa shape index (κ3) is 6.16. The first-order chi connectivity index (χ1) is 10.1. The Bertz CT molecular complexity index is 389. The number of benzene rings is 1. The largest absolute Gasteiger partial charge is 0.383 e. The van der Waals surface area contributed by atoms with Gasteiger partial charge in [0.2, 0.25) is 0 Å². The van der Waals surface area contributed by atoms with E-state index in [-0.39, 0.29) is 0 Å². The Morgan fingerprint density at radius 2 is 1.71 bits per heavy atom. The van der Waals surface area contributed by atoms with Gasteiger partial charge in [-0.25, -0.2) is 0 Å². The molecule has 1 aromatic rings.